The normalized spacial score (nSPS) is 10.7. The van der Waals surface area contributed by atoms with Gasteiger partial charge in [0.25, 0.3) is 11.6 Å². The summed E-state index contributed by atoms with van der Waals surface area (Å²) in [6.07, 6.45) is 1.37. The van der Waals surface area contributed by atoms with Crippen molar-refractivity contribution in [2.75, 3.05) is 19.5 Å². The van der Waals surface area contributed by atoms with E-state index >= 15 is 0 Å². The maximum absolute atomic E-state index is 12.6. The largest absolute Gasteiger partial charge is 0.497 e. The summed E-state index contributed by atoms with van der Waals surface area (Å²) in [4.78, 5) is 23.1. The van der Waals surface area contributed by atoms with Crippen molar-refractivity contribution in [1.82, 2.24) is 0 Å². The molecule has 0 atom stereocenters. The van der Waals surface area contributed by atoms with E-state index in [2.05, 4.69) is 5.32 Å². The number of non-ortho nitro benzene ring substituents is 1. The van der Waals surface area contributed by atoms with Gasteiger partial charge in [0.2, 0.25) is 0 Å². The van der Waals surface area contributed by atoms with Crippen molar-refractivity contribution >= 4 is 35.0 Å². The number of amides is 1. The average molecular weight is 494 g/mol. The summed E-state index contributed by atoms with van der Waals surface area (Å²) in [6, 6.07) is 17.7. The Morgan fingerprint density at radius 3 is 2.51 bits per heavy atom. The molecule has 1 N–H and O–H groups in total. The molecule has 0 heterocycles. The SMILES string of the molecule is COc1ccc(NC(=O)/C(C#N)=C\c2cc(Cl)c(OCc3cccc([N+](=O)[O-])c3)c(OC)c2)cc1. The summed E-state index contributed by atoms with van der Waals surface area (Å²) in [7, 11) is 2.95. The van der Waals surface area contributed by atoms with Crippen LogP contribution in [0.15, 0.2) is 66.2 Å². The van der Waals surface area contributed by atoms with Crippen LogP contribution in [0.2, 0.25) is 5.02 Å². The summed E-state index contributed by atoms with van der Waals surface area (Å²) < 4.78 is 16.2. The van der Waals surface area contributed by atoms with Crippen LogP contribution in [0, 0.1) is 21.4 Å². The second-order valence-corrected chi connectivity index (χ2v) is 7.51. The van der Waals surface area contributed by atoms with Gasteiger partial charge in [-0.15, -0.1) is 0 Å². The molecule has 0 saturated carbocycles. The number of anilines is 1. The van der Waals surface area contributed by atoms with E-state index in [4.69, 9.17) is 25.8 Å². The molecule has 0 bridgehead atoms. The number of rotatable bonds is 9. The number of carbonyl (C=O) groups is 1. The van der Waals surface area contributed by atoms with Gasteiger partial charge in [-0.2, -0.15) is 5.26 Å². The first-order valence-electron chi connectivity index (χ1n) is 10.2. The highest BCUT2D eigenvalue weighted by Gasteiger charge is 2.15. The van der Waals surface area contributed by atoms with Gasteiger partial charge in [0, 0.05) is 17.8 Å². The number of nitrogens with zero attached hydrogens (tertiary/aromatic N) is 2. The van der Waals surface area contributed by atoms with Gasteiger partial charge in [0.1, 0.15) is 24.0 Å². The fourth-order valence-electron chi connectivity index (χ4n) is 3.07. The Bertz CT molecular complexity index is 1320. The molecule has 0 aromatic heterocycles. The highest BCUT2D eigenvalue weighted by Crippen LogP contribution is 2.37. The molecule has 3 rings (SSSR count). The van der Waals surface area contributed by atoms with E-state index in [0.29, 0.717) is 22.6 Å². The molecule has 35 heavy (non-hydrogen) atoms. The molecule has 3 aromatic rings. The molecule has 178 valence electrons. The number of nitro groups is 1. The lowest BCUT2D eigenvalue weighted by molar-refractivity contribution is -0.384. The van der Waals surface area contributed by atoms with Crippen LogP contribution < -0.4 is 19.5 Å². The summed E-state index contributed by atoms with van der Waals surface area (Å²) >= 11 is 6.39. The van der Waals surface area contributed by atoms with Gasteiger partial charge in [-0.1, -0.05) is 23.7 Å². The number of methoxy groups -OCH3 is 2. The Morgan fingerprint density at radius 1 is 1.14 bits per heavy atom. The van der Waals surface area contributed by atoms with Crippen molar-refractivity contribution in [3.05, 3.63) is 92.5 Å². The number of halogens is 1. The first-order chi connectivity index (χ1) is 16.8. The number of nitriles is 1. The van der Waals surface area contributed by atoms with Gasteiger partial charge in [0.05, 0.1) is 24.2 Å². The molecule has 0 fully saturated rings. The van der Waals surface area contributed by atoms with E-state index in [9.17, 15) is 20.2 Å². The van der Waals surface area contributed by atoms with Crippen LogP contribution in [0.25, 0.3) is 6.08 Å². The lowest BCUT2D eigenvalue weighted by Crippen LogP contribution is -2.13. The molecule has 9 nitrogen and oxygen atoms in total. The first-order valence-corrected chi connectivity index (χ1v) is 10.5. The Hall–Kier alpha value is -4.55. The van der Waals surface area contributed by atoms with Crippen molar-refractivity contribution in [2.45, 2.75) is 6.61 Å². The monoisotopic (exact) mass is 493 g/mol. The zero-order valence-corrected chi connectivity index (χ0v) is 19.5. The number of carbonyl (C=O) groups excluding carboxylic acids is 1. The Morgan fingerprint density at radius 2 is 1.89 bits per heavy atom. The topological polar surface area (TPSA) is 124 Å². The van der Waals surface area contributed by atoms with Crippen LogP contribution in [0.1, 0.15) is 11.1 Å². The second-order valence-electron chi connectivity index (χ2n) is 7.10. The summed E-state index contributed by atoms with van der Waals surface area (Å²) in [5.41, 5.74) is 1.31. The van der Waals surface area contributed by atoms with Crippen LogP contribution in [0.4, 0.5) is 11.4 Å². The smallest absolute Gasteiger partial charge is 0.269 e. The number of nitro benzene ring substituents is 1. The van der Waals surface area contributed by atoms with Crippen LogP contribution >= 0.6 is 11.6 Å². The van der Waals surface area contributed by atoms with E-state index in [1.54, 1.807) is 42.5 Å². The fourth-order valence-corrected chi connectivity index (χ4v) is 3.34. The Labute approximate surface area is 206 Å². The lowest BCUT2D eigenvalue weighted by Gasteiger charge is -2.13. The van der Waals surface area contributed by atoms with Crippen LogP contribution in [-0.4, -0.2) is 25.1 Å². The van der Waals surface area contributed by atoms with E-state index in [1.807, 2.05) is 6.07 Å². The molecular weight excluding hydrogens is 474 g/mol. The highest BCUT2D eigenvalue weighted by atomic mass is 35.5. The number of benzene rings is 3. The summed E-state index contributed by atoms with van der Waals surface area (Å²) in [5, 5.41) is 23.3. The van der Waals surface area contributed by atoms with Gasteiger partial charge in [-0.05, 0) is 53.6 Å². The third-order valence-corrected chi connectivity index (χ3v) is 5.06. The number of nitrogens with one attached hydrogen (secondary N) is 1. The summed E-state index contributed by atoms with van der Waals surface area (Å²) in [5.74, 6) is 0.522. The van der Waals surface area contributed by atoms with Gasteiger partial charge < -0.3 is 19.5 Å². The predicted molar refractivity (Wildman–Crippen MR) is 131 cm³/mol. The minimum atomic E-state index is -0.598. The van der Waals surface area contributed by atoms with Gasteiger partial charge in [-0.3, -0.25) is 14.9 Å². The van der Waals surface area contributed by atoms with E-state index < -0.39 is 10.8 Å². The van der Waals surface area contributed by atoms with Crippen molar-refractivity contribution in [1.29, 1.82) is 5.26 Å². The van der Waals surface area contributed by atoms with Crippen LogP contribution in [0.5, 0.6) is 17.2 Å². The van der Waals surface area contributed by atoms with Crippen molar-refractivity contribution in [3.63, 3.8) is 0 Å². The van der Waals surface area contributed by atoms with Crippen molar-refractivity contribution < 1.29 is 23.9 Å². The highest BCUT2D eigenvalue weighted by molar-refractivity contribution is 6.32. The maximum atomic E-state index is 12.6. The minimum absolute atomic E-state index is 0.0145. The number of ether oxygens (including phenoxy) is 3. The average Bonchev–Trinajstić information content (AvgIpc) is 2.86. The number of hydrogen-bond acceptors (Lipinski definition) is 7. The zero-order chi connectivity index (χ0) is 25.4. The molecule has 0 saturated heterocycles. The van der Waals surface area contributed by atoms with Gasteiger partial charge in [-0.25, -0.2) is 0 Å². The molecule has 0 unspecified atom stereocenters. The Kier molecular flexibility index (Phi) is 8.27. The summed E-state index contributed by atoms with van der Waals surface area (Å²) in [6.45, 7) is 0.0145. The molecule has 10 heteroatoms. The molecule has 0 aliphatic carbocycles. The second kappa shape index (κ2) is 11.5. The Balaban J connectivity index is 1.79. The van der Waals surface area contributed by atoms with Gasteiger partial charge in [0.15, 0.2) is 11.5 Å². The zero-order valence-electron chi connectivity index (χ0n) is 18.8. The molecular formula is C25H20ClN3O6. The van der Waals surface area contributed by atoms with E-state index in [0.717, 1.165) is 0 Å². The van der Waals surface area contributed by atoms with E-state index in [1.165, 1.54) is 38.5 Å². The van der Waals surface area contributed by atoms with Crippen LogP contribution in [-0.2, 0) is 11.4 Å². The standard InChI is InChI=1S/C25H20ClN3O6/c1-33-21-8-6-19(7-9-21)28-25(30)18(14-27)10-17-12-22(26)24(23(13-17)34-2)35-15-16-4-3-5-20(11-16)29(31)32/h3-13H,15H2,1-2H3,(H,28,30)/b18-10-. The predicted octanol–water partition coefficient (Wildman–Crippen LogP) is 5.39. The minimum Gasteiger partial charge on any atom is -0.497 e. The van der Waals surface area contributed by atoms with Crippen molar-refractivity contribution in [2.24, 2.45) is 0 Å². The molecule has 0 radical (unpaired) electrons. The fraction of sp³-hybridized carbons (Fsp3) is 0.120. The third-order valence-electron chi connectivity index (χ3n) is 4.78. The quantitative estimate of drug-likeness (QED) is 0.183. The van der Waals surface area contributed by atoms with Crippen molar-refractivity contribution in [3.8, 4) is 23.3 Å². The molecule has 3 aromatic carbocycles. The first kappa shape index (κ1) is 25.1. The molecule has 1 amide bonds. The number of hydrogen-bond donors (Lipinski definition) is 1. The van der Waals surface area contributed by atoms with Crippen LogP contribution in [0.3, 0.4) is 0 Å². The van der Waals surface area contributed by atoms with Gasteiger partial charge >= 0.3 is 0 Å². The van der Waals surface area contributed by atoms with E-state index in [-0.39, 0.29) is 34.4 Å². The molecule has 0 aliphatic rings. The molecule has 0 spiro atoms. The molecule has 0 aliphatic heterocycles. The lowest BCUT2D eigenvalue weighted by atomic mass is 10.1. The maximum Gasteiger partial charge on any atom is 0.269 e. The third kappa shape index (κ3) is 6.50.